The first-order valence-electron chi connectivity index (χ1n) is 7.85. The normalized spacial score (nSPS) is 22.3. The third kappa shape index (κ3) is 4.30. The van der Waals surface area contributed by atoms with Crippen molar-refractivity contribution in [2.75, 3.05) is 19.8 Å². The lowest BCUT2D eigenvalue weighted by molar-refractivity contribution is -0.00987. The molecule has 0 fully saturated rings. The standard InChI is InChI=1S/C17H27NO2/c1-2-3-11-19-12-13-20-16-10-6-8-14-7-4-5-9-15(14)17(16)18/h4-5,7,9,16-17H,2-3,6,8,10-13,18H2,1H3. The SMILES string of the molecule is CCCCOCCOC1CCCc2ccccc2C1N. The lowest BCUT2D eigenvalue weighted by atomic mass is 9.98. The average molecular weight is 277 g/mol. The van der Waals surface area contributed by atoms with Crippen molar-refractivity contribution < 1.29 is 9.47 Å². The van der Waals surface area contributed by atoms with Crippen LogP contribution in [-0.4, -0.2) is 25.9 Å². The van der Waals surface area contributed by atoms with Crippen molar-refractivity contribution in [3.8, 4) is 0 Å². The van der Waals surface area contributed by atoms with Gasteiger partial charge in [-0.05, 0) is 36.8 Å². The molecule has 3 heteroatoms. The highest BCUT2D eigenvalue weighted by Gasteiger charge is 2.24. The van der Waals surface area contributed by atoms with Crippen LogP contribution >= 0.6 is 0 Å². The van der Waals surface area contributed by atoms with E-state index in [1.807, 2.05) is 0 Å². The number of rotatable bonds is 7. The highest BCUT2D eigenvalue weighted by atomic mass is 16.5. The molecule has 20 heavy (non-hydrogen) atoms. The molecule has 1 aliphatic carbocycles. The molecule has 2 unspecified atom stereocenters. The number of benzene rings is 1. The summed E-state index contributed by atoms with van der Waals surface area (Å²) in [5, 5.41) is 0. The van der Waals surface area contributed by atoms with Gasteiger partial charge in [0.05, 0.1) is 25.4 Å². The number of aryl methyl sites for hydroxylation is 1. The Hall–Kier alpha value is -0.900. The van der Waals surface area contributed by atoms with Crippen LogP contribution in [0.1, 0.15) is 49.8 Å². The Labute approximate surface area is 122 Å². The molecule has 0 aliphatic heterocycles. The number of hydrogen-bond donors (Lipinski definition) is 1. The van der Waals surface area contributed by atoms with Crippen LogP contribution < -0.4 is 5.73 Å². The van der Waals surface area contributed by atoms with Crippen molar-refractivity contribution in [1.29, 1.82) is 0 Å². The minimum absolute atomic E-state index is 0.00987. The Balaban J connectivity index is 1.80. The molecule has 3 nitrogen and oxygen atoms in total. The Bertz CT molecular complexity index is 394. The molecule has 0 aromatic heterocycles. The summed E-state index contributed by atoms with van der Waals surface area (Å²) in [7, 11) is 0. The summed E-state index contributed by atoms with van der Waals surface area (Å²) in [5.41, 5.74) is 9.02. The van der Waals surface area contributed by atoms with Crippen LogP contribution in [0.25, 0.3) is 0 Å². The van der Waals surface area contributed by atoms with Gasteiger partial charge in [0.25, 0.3) is 0 Å². The van der Waals surface area contributed by atoms with E-state index in [1.54, 1.807) is 0 Å². The van der Waals surface area contributed by atoms with Crippen molar-refractivity contribution in [3.05, 3.63) is 35.4 Å². The fourth-order valence-corrected chi connectivity index (χ4v) is 2.75. The minimum atomic E-state index is -0.00987. The first kappa shape index (κ1) is 15.5. The Kier molecular flexibility index (Phi) is 6.51. The molecule has 0 bridgehead atoms. The maximum absolute atomic E-state index is 6.39. The third-order valence-electron chi connectivity index (χ3n) is 3.95. The summed E-state index contributed by atoms with van der Waals surface area (Å²) in [4.78, 5) is 0. The van der Waals surface area contributed by atoms with Gasteiger partial charge in [0, 0.05) is 6.61 Å². The van der Waals surface area contributed by atoms with E-state index in [4.69, 9.17) is 15.2 Å². The van der Waals surface area contributed by atoms with Crippen LogP contribution in [0.4, 0.5) is 0 Å². The van der Waals surface area contributed by atoms with Gasteiger partial charge in [-0.2, -0.15) is 0 Å². The van der Waals surface area contributed by atoms with E-state index in [9.17, 15) is 0 Å². The van der Waals surface area contributed by atoms with E-state index in [1.165, 1.54) is 17.5 Å². The summed E-state index contributed by atoms with van der Waals surface area (Å²) in [6, 6.07) is 8.47. The zero-order valence-corrected chi connectivity index (χ0v) is 12.5. The molecule has 0 spiro atoms. The van der Waals surface area contributed by atoms with Gasteiger partial charge < -0.3 is 15.2 Å². The molecular weight excluding hydrogens is 250 g/mol. The molecule has 2 atom stereocenters. The molecule has 0 radical (unpaired) electrons. The van der Waals surface area contributed by atoms with Crippen LogP contribution in [0.2, 0.25) is 0 Å². The van der Waals surface area contributed by atoms with E-state index in [0.29, 0.717) is 13.2 Å². The molecule has 0 saturated carbocycles. The predicted molar refractivity (Wildman–Crippen MR) is 81.8 cm³/mol. The van der Waals surface area contributed by atoms with Gasteiger partial charge in [0.1, 0.15) is 0 Å². The summed E-state index contributed by atoms with van der Waals surface area (Å²) >= 11 is 0. The average Bonchev–Trinajstić information content (AvgIpc) is 2.63. The van der Waals surface area contributed by atoms with Crippen LogP contribution in [0, 0.1) is 0 Å². The molecule has 2 N–H and O–H groups in total. The molecule has 1 aromatic rings. The smallest absolute Gasteiger partial charge is 0.0769 e. The third-order valence-corrected chi connectivity index (χ3v) is 3.95. The molecular formula is C17H27NO2. The topological polar surface area (TPSA) is 44.5 Å². The van der Waals surface area contributed by atoms with E-state index in [2.05, 4.69) is 31.2 Å². The van der Waals surface area contributed by atoms with Crippen molar-refractivity contribution in [2.45, 2.75) is 51.2 Å². The second-order valence-corrected chi connectivity index (χ2v) is 5.49. The number of ether oxygens (including phenoxy) is 2. The quantitative estimate of drug-likeness (QED) is 0.615. The minimum Gasteiger partial charge on any atom is -0.379 e. The van der Waals surface area contributed by atoms with Gasteiger partial charge in [-0.3, -0.25) is 0 Å². The number of hydrogen-bond acceptors (Lipinski definition) is 3. The second kappa shape index (κ2) is 8.40. The highest BCUT2D eigenvalue weighted by molar-refractivity contribution is 5.31. The number of nitrogens with two attached hydrogens (primary N) is 1. The maximum atomic E-state index is 6.39. The number of fused-ring (bicyclic) bond motifs is 1. The maximum Gasteiger partial charge on any atom is 0.0769 e. The second-order valence-electron chi connectivity index (χ2n) is 5.49. The van der Waals surface area contributed by atoms with Gasteiger partial charge in [-0.1, -0.05) is 37.6 Å². The van der Waals surface area contributed by atoms with E-state index >= 15 is 0 Å². The van der Waals surface area contributed by atoms with Gasteiger partial charge in [0.2, 0.25) is 0 Å². The lowest BCUT2D eigenvalue weighted by Crippen LogP contribution is -2.29. The molecule has 1 aliphatic rings. The monoisotopic (exact) mass is 277 g/mol. The molecule has 0 amide bonds. The molecule has 0 saturated heterocycles. The van der Waals surface area contributed by atoms with E-state index in [0.717, 1.165) is 32.3 Å². The number of unbranched alkanes of at least 4 members (excludes halogenated alkanes) is 1. The van der Waals surface area contributed by atoms with Crippen LogP contribution in [0.5, 0.6) is 0 Å². The van der Waals surface area contributed by atoms with Crippen LogP contribution in [0.15, 0.2) is 24.3 Å². The van der Waals surface area contributed by atoms with E-state index in [-0.39, 0.29) is 12.1 Å². The summed E-state index contributed by atoms with van der Waals surface area (Å²) in [6.45, 7) is 4.32. The Morgan fingerprint density at radius 1 is 1.20 bits per heavy atom. The van der Waals surface area contributed by atoms with Crippen molar-refractivity contribution >= 4 is 0 Å². The van der Waals surface area contributed by atoms with Crippen molar-refractivity contribution in [1.82, 2.24) is 0 Å². The van der Waals surface area contributed by atoms with Crippen molar-refractivity contribution in [3.63, 3.8) is 0 Å². The van der Waals surface area contributed by atoms with Crippen LogP contribution in [0.3, 0.4) is 0 Å². The van der Waals surface area contributed by atoms with Gasteiger partial charge in [0.15, 0.2) is 0 Å². The first-order chi connectivity index (χ1) is 9.83. The lowest BCUT2D eigenvalue weighted by Gasteiger charge is -2.23. The van der Waals surface area contributed by atoms with E-state index < -0.39 is 0 Å². The van der Waals surface area contributed by atoms with Gasteiger partial charge >= 0.3 is 0 Å². The zero-order chi connectivity index (χ0) is 14.2. The summed E-state index contributed by atoms with van der Waals surface area (Å²) in [5.74, 6) is 0. The molecule has 1 aromatic carbocycles. The van der Waals surface area contributed by atoms with Crippen molar-refractivity contribution in [2.24, 2.45) is 5.73 Å². The van der Waals surface area contributed by atoms with Gasteiger partial charge in [-0.15, -0.1) is 0 Å². The fraction of sp³-hybridized carbons (Fsp3) is 0.647. The first-order valence-corrected chi connectivity index (χ1v) is 7.85. The Morgan fingerprint density at radius 3 is 2.90 bits per heavy atom. The molecule has 112 valence electrons. The molecule has 2 rings (SSSR count). The van der Waals surface area contributed by atoms with Crippen LogP contribution in [-0.2, 0) is 15.9 Å². The Morgan fingerprint density at radius 2 is 2.05 bits per heavy atom. The largest absolute Gasteiger partial charge is 0.379 e. The predicted octanol–water partition coefficient (Wildman–Crippen LogP) is 3.22. The summed E-state index contributed by atoms with van der Waals surface area (Å²) in [6.07, 6.45) is 5.70. The highest BCUT2D eigenvalue weighted by Crippen LogP contribution is 2.28. The fourth-order valence-electron chi connectivity index (χ4n) is 2.75. The molecule has 0 heterocycles. The van der Waals surface area contributed by atoms with Gasteiger partial charge in [-0.25, -0.2) is 0 Å². The summed E-state index contributed by atoms with van der Waals surface area (Å²) < 4.78 is 11.5. The zero-order valence-electron chi connectivity index (χ0n) is 12.5.